The highest BCUT2D eigenvalue weighted by Crippen LogP contribution is 2.38. The summed E-state index contributed by atoms with van der Waals surface area (Å²) >= 11 is 5.96. The van der Waals surface area contributed by atoms with Gasteiger partial charge in [0, 0.05) is 12.1 Å². The van der Waals surface area contributed by atoms with Crippen LogP contribution < -0.4 is 15.4 Å². The monoisotopic (exact) mass is 450 g/mol. The number of amides is 5. The minimum atomic E-state index is -0.922. The van der Waals surface area contributed by atoms with Gasteiger partial charge in [0.15, 0.2) is 0 Å². The number of carbonyl (C=O) groups excluding carboxylic acids is 4. The first-order chi connectivity index (χ1) is 14.7. The normalized spacial score (nSPS) is 23.0. The lowest BCUT2D eigenvalue weighted by atomic mass is 9.73. The molecule has 1 saturated heterocycles. The molecule has 1 aliphatic heterocycles. The van der Waals surface area contributed by atoms with Crippen LogP contribution in [0.25, 0.3) is 0 Å². The van der Waals surface area contributed by atoms with E-state index in [-0.39, 0.29) is 18.4 Å². The van der Waals surface area contributed by atoms with Crippen LogP contribution in [0.5, 0.6) is 5.75 Å². The SMILES string of the molecule is COc1ccc(Cl)cc1NC(=O)CN(C)C(=O)CN1C(=O)NC2(CCCCC2C)C1=O. The lowest BCUT2D eigenvalue weighted by Gasteiger charge is -2.36. The first-order valence-electron chi connectivity index (χ1n) is 10.2. The third kappa shape index (κ3) is 4.61. The van der Waals surface area contributed by atoms with E-state index in [1.807, 2.05) is 6.92 Å². The average Bonchev–Trinajstić information content (AvgIpc) is 2.95. The molecule has 2 fully saturated rings. The Morgan fingerprint density at radius 3 is 2.77 bits per heavy atom. The van der Waals surface area contributed by atoms with Gasteiger partial charge in [0.1, 0.15) is 17.8 Å². The molecule has 2 atom stereocenters. The van der Waals surface area contributed by atoms with Gasteiger partial charge in [-0.25, -0.2) is 4.79 Å². The summed E-state index contributed by atoms with van der Waals surface area (Å²) in [6.45, 7) is 1.27. The maximum Gasteiger partial charge on any atom is 0.325 e. The van der Waals surface area contributed by atoms with Crippen LogP contribution in [-0.4, -0.2) is 66.3 Å². The Balaban J connectivity index is 1.60. The van der Waals surface area contributed by atoms with Crippen molar-refractivity contribution in [3.8, 4) is 5.75 Å². The van der Waals surface area contributed by atoms with Gasteiger partial charge < -0.3 is 20.3 Å². The first-order valence-corrected chi connectivity index (χ1v) is 10.6. The maximum absolute atomic E-state index is 13.0. The quantitative estimate of drug-likeness (QED) is 0.646. The molecule has 1 spiro atoms. The lowest BCUT2D eigenvalue weighted by Crippen LogP contribution is -2.54. The van der Waals surface area contributed by atoms with Gasteiger partial charge in [0.05, 0.1) is 19.3 Å². The molecule has 0 aromatic heterocycles. The summed E-state index contributed by atoms with van der Waals surface area (Å²) in [4.78, 5) is 52.6. The number of benzene rings is 1. The van der Waals surface area contributed by atoms with Crippen LogP contribution in [0.15, 0.2) is 18.2 Å². The smallest absolute Gasteiger partial charge is 0.325 e. The summed E-state index contributed by atoms with van der Waals surface area (Å²) in [6.07, 6.45) is 3.29. The molecule has 31 heavy (non-hydrogen) atoms. The van der Waals surface area contributed by atoms with E-state index in [1.165, 1.54) is 25.1 Å². The molecule has 1 heterocycles. The molecule has 2 N–H and O–H groups in total. The van der Waals surface area contributed by atoms with Crippen molar-refractivity contribution in [2.75, 3.05) is 32.6 Å². The molecule has 1 aromatic carbocycles. The van der Waals surface area contributed by atoms with Gasteiger partial charge in [-0.3, -0.25) is 19.3 Å². The van der Waals surface area contributed by atoms with Crippen LogP contribution in [0.1, 0.15) is 32.6 Å². The molecule has 9 nitrogen and oxygen atoms in total. The van der Waals surface area contributed by atoms with Crippen molar-refractivity contribution < 1.29 is 23.9 Å². The number of nitrogens with one attached hydrogen (secondary N) is 2. The molecule has 0 radical (unpaired) electrons. The van der Waals surface area contributed by atoms with Gasteiger partial charge >= 0.3 is 6.03 Å². The zero-order valence-corrected chi connectivity index (χ0v) is 18.6. The number of nitrogens with zero attached hydrogens (tertiary/aromatic N) is 2. The van der Waals surface area contributed by atoms with Crippen LogP contribution in [0.4, 0.5) is 10.5 Å². The Morgan fingerprint density at radius 1 is 1.35 bits per heavy atom. The molecule has 1 saturated carbocycles. The fourth-order valence-electron chi connectivity index (χ4n) is 4.17. The van der Waals surface area contributed by atoms with Crippen molar-refractivity contribution >= 4 is 41.0 Å². The number of rotatable bonds is 6. The zero-order valence-electron chi connectivity index (χ0n) is 17.9. The van der Waals surface area contributed by atoms with Crippen molar-refractivity contribution in [2.45, 2.75) is 38.1 Å². The summed E-state index contributed by atoms with van der Waals surface area (Å²) in [5.74, 6) is -0.908. The van der Waals surface area contributed by atoms with Crippen LogP contribution in [0, 0.1) is 5.92 Å². The summed E-state index contributed by atoms with van der Waals surface area (Å²) in [5, 5.41) is 5.89. The molecule has 1 aromatic rings. The van der Waals surface area contributed by atoms with Gasteiger partial charge in [-0.15, -0.1) is 0 Å². The minimum absolute atomic E-state index is 0.00832. The van der Waals surface area contributed by atoms with Gasteiger partial charge in [-0.05, 0) is 37.0 Å². The Hall–Kier alpha value is -2.81. The van der Waals surface area contributed by atoms with Crippen molar-refractivity contribution in [2.24, 2.45) is 5.92 Å². The molecular weight excluding hydrogens is 424 g/mol. The largest absolute Gasteiger partial charge is 0.495 e. The van der Waals surface area contributed by atoms with Gasteiger partial charge in [0.25, 0.3) is 5.91 Å². The molecular formula is C21H27ClN4O5. The number of likely N-dealkylation sites (N-methyl/N-ethyl adjacent to an activating group) is 1. The van der Waals surface area contributed by atoms with E-state index in [1.54, 1.807) is 12.1 Å². The van der Waals surface area contributed by atoms with Crippen molar-refractivity contribution in [1.29, 1.82) is 0 Å². The second-order valence-electron chi connectivity index (χ2n) is 8.08. The molecule has 2 unspecified atom stereocenters. The van der Waals surface area contributed by atoms with Crippen LogP contribution in [0.3, 0.4) is 0 Å². The van der Waals surface area contributed by atoms with Crippen LogP contribution in [-0.2, 0) is 14.4 Å². The summed E-state index contributed by atoms with van der Waals surface area (Å²) in [5.41, 5.74) is -0.544. The van der Waals surface area contributed by atoms with E-state index in [9.17, 15) is 19.2 Å². The number of carbonyl (C=O) groups is 4. The Morgan fingerprint density at radius 2 is 2.10 bits per heavy atom. The summed E-state index contributed by atoms with van der Waals surface area (Å²) in [7, 11) is 2.90. The highest BCUT2D eigenvalue weighted by atomic mass is 35.5. The second kappa shape index (κ2) is 9.13. The summed E-state index contributed by atoms with van der Waals surface area (Å²) < 4.78 is 5.19. The fourth-order valence-corrected chi connectivity index (χ4v) is 4.34. The highest BCUT2D eigenvalue weighted by molar-refractivity contribution is 6.31. The molecule has 2 aliphatic rings. The van der Waals surface area contributed by atoms with Crippen LogP contribution in [0.2, 0.25) is 5.02 Å². The molecule has 1 aliphatic carbocycles. The molecule has 3 rings (SSSR count). The predicted molar refractivity (Wildman–Crippen MR) is 115 cm³/mol. The molecule has 0 bridgehead atoms. The fraction of sp³-hybridized carbons (Fsp3) is 0.524. The number of hydrogen-bond donors (Lipinski definition) is 2. The number of imide groups is 1. The molecule has 10 heteroatoms. The Bertz CT molecular complexity index is 908. The minimum Gasteiger partial charge on any atom is -0.495 e. The number of hydrogen-bond acceptors (Lipinski definition) is 5. The first kappa shape index (κ1) is 22.9. The zero-order chi connectivity index (χ0) is 22.8. The van der Waals surface area contributed by atoms with E-state index in [0.717, 1.165) is 24.2 Å². The number of anilines is 1. The lowest BCUT2D eigenvalue weighted by molar-refractivity contribution is -0.140. The number of ether oxygens (including phenoxy) is 1. The number of halogens is 1. The highest BCUT2D eigenvalue weighted by Gasteiger charge is 2.55. The number of urea groups is 1. The second-order valence-corrected chi connectivity index (χ2v) is 8.52. The van der Waals surface area contributed by atoms with Crippen molar-refractivity contribution in [3.05, 3.63) is 23.2 Å². The molecule has 5 amide bonds. The van der Waals surface area contributed by atoms with Crippen molar-refractivity contribution in [3.63, 3.8) is 0 Å². The van der Waals surface area contributed by atoms with Crippen LogP contribution >= 0.6 is 11.6 Å². The van der Waals surface area contributed by atoms with E-state index < -0.39 is 29.9 Å². The third-order valence-electron chi connectivity index (χ3n) is 6.04. The van der Waals surface area contributed by atoms with Gasteiger partial charge in [0.2, 0.25) is 11.8 Å². The van der Waals surface area contributed by atoms with E-state index in [0.29, 0.717) is 22.9 Å². The standard InChI is InChI=1S/C21H27ClN4O5/c1-13-6-4-5-9-21(13)19(29)26(20(30)24-21)12-18(28)25(2)11-17(27)23-15-10-14(22)7-8-16(15)31-3/h7-8,10,13H,4-6,9,11-12H2,1-3H3,(H,23,27)(H,24,30). The Kier molecular flexibility index (Phi) is 6.74. The van der Waals surface area contributed by atoms with E-state index >= 15 is 0 Å². The van der Waals surface area contributed by atoms with Gasteiger partial charge in [-0.1, -0.05) is 31.4 Å². The van der Waals surface area contributed by atoms with Crippen molar-refractivity contribution in [1.82, 2.24) is 15.1 Å². The van der Waals surface area contributed by atoms with Gasteiger partial charge in [-0.2, -0.15) is 0 Å². The number of methoxy groups -OCH3 is 1. The van der Waals surface area contributed by atoms with E-state index in [4.69, 9.17) is 16.3 Å². The third-order valence-corrected chi connectivity index (χ3v) is 6.27. The molecule has 168 valence electrons. The van der Waals surface area contributed by atoms with E-state index in [2.05, 4.69) is 10.6 Å². The average molecular weight is 451 g/mol. The maximum atomic E-state index is 13.0. The predicted octanol–water partition coefficient (Wildman–Crippen LogP) is 2.25. The summed E-state index contributed by atoms with van der Waals surface area (Å²) in [6, 6.07) is 4.22. The Labute approximate surface area is 186 Å². The topological polar surface area (TPSA) is 108 Å².